The molecule has 4 aromatic rings. The molecule has 0 aliphatic heterocycles. The summed E-state index contributed by atoms with van der Waals surface area (Å²) >= 11 is 0. The van der Waals surface area contributed by atoms with Crippen molar-refractivity contribution < 1.29 is 0 Å². The number of nitrogens with one attached hydrogen (secondary N) is 1. The number of aromatic nitrogens is 5. The fraction of sp³-hybridized carbons (Fsp3) is 0. The van der Waals surface area contributed by atoms with Gasteiger partial charge in [-0.25, -0.2) is 15.0 Å². The van der Waals surface area contributed by atoms with Gasteiger partial charge < -0.3 is 4.98 Å². The summed E-state index contributed by atoms with van der Waals surface area (Å²) in [6.07, 6.45) is 7.11. The molecule has 0 amide bonds. The third-order valence-electron chi connectivity index (χ3n) is 3.01. The Balaban J connectivity index is 1.92. The molecule has 0 bridgehead atoms. The van der Waals surface area contributed by atoms with Crippen LogP contribution in [-0.2, 0) is 0 Å². The highest BCUT2D eigenvalue weighted by molar-refractivity contribution is 5.81. The lowest BCUT2D eigenvalue weighted by molar-refractivity contribution is 1.19. The Kier molecular flexibility index (Phi) is 2.05. The molecule has 4 rings (SSSR count). The smallest absolute Gasteiger partial charge is 0.161 e. The summed E-state index contributed by atoms with van der Waals surface area (Å²) in [5.74, 6) is 0.663. The number of pyridine rings is 2. The Morgan fingerprint density at radius 2 is 1.95 bits per heavy atom. The number of hydrogen-bond acceptors (Lipinski definition) is 4. The second-order valence-electron chi connectivity index (χ2n) is 4.24. The Hall–Kier alpha value is -2.82. The Bertz CT molecular complexity index is 881. The quantitative estimate of drug-likeness (QED) is 0.561. The maximum atomic E-state index is 4.51. The molecule has 0 radical (unpaired) electrons. The normalized spacial score (nSPS) is 11.2. The van der Waals surface area contributed by atoms with Crippen LogP contribution in [0.5, 0.6) is 0 Å². The predicted octanol–water partition coefficient (Wildman–Crippen LogP) is 2.57. The van der Waals surface area contributed by atoms with Crippen molar-refractivity contribution >= 4 is 22.1 Å². The van der Waals surface area contributed by atoms with E-state index in [1.165, 1.54) is 0 Å². The van der Waals surface area contributed by atoms with E-state index < -0.39 is 0 Å². The lowest BCUT2D eigenvalue weighted by Gasteiger charge is -2.01. The topological polar surface area (TPSA) is 67.3 Å². The lowest BCUT2D eigenvalue weighted by Crippen LogP contribution is -1.91. The van der Waals surface area contributed by atoms with Crippen molar-refractivity contribution in [3.8, 4) is 11.4 Å². The van der Waals surface area contributed by atoms with Gasteiger partial charge in [0.15, 0.2) is 5.82 Å². The van der Waals surface area contributed by atoms with Crippen LogP contribution in [0.1, 0.15) is 0 Å². The summed E-state index contributed by atoms with van der Waals surface area (Å²) in [6, 6.07) is 7.80. The molecular formula is C14H9N5. The average Bonchev–Trinajstić information content (AvgIpc) is 2.94. The van der Waals surface area contributed by atoms with E-state index in [1.807, 2.05) is 30.5 Å². The van der Waals surface area contributed by atoms with Crippen LogP contribution in [0.15, 0.2) is 49.1 Å². The van der Waals surface area contributed by atoms with Crippen LogP contribution in [0.3, 0.4) is 0 Å². The molecule has 4 heterocycles. The number of nitrogens with zero attached hydrogens (tertiary/aromatic N) is 4. The average molecular weight is 247 g/mol. The maximum absolute atomic E-state index is 4.51. The van der Waals surface area contributed by atoms with Gasteiger partial charge in [0.2, 0.25) is 0 Å². The highest BCUT2D eigenvalue weighted by Gasteiger charge is 2.05. The van der Waals surface area contributed by atoms with Crippen molar-refractivity contribution in [2.75, 3.05) is 0 Å². The van der Waals surface area contributed by atoms with Crippen molar-refractivity contribution in [3.05, 3.63) is 49.1 Å². The number of aromatic amines is 1. The number of rotatable bonds is 1. The van der Waals surface area contributed by atoms with Crippen molar-refractivity contribution in [2.45, 2.75) is 0 Å². The third kappa shape index (κ3) is 1.63. The van der Waals surface area contributed by atoms with Gasteiger partial charge in [0.25, 0.3) is 0 Å². The summed E-state index contributed by atoms with van der Waals surface area (Å²) in [6.45, 7) is 0. The molecule has 19 heavy (non-hydrogen) atoms. The van der Waals surface area contributed by atoms with Crippen LogP contribution < -0.4 is 0 Å². The van der Waals surface area contributed by atoms with E-state index in [1.54, 1.807) is 18.6 Å². The second-order valence-corrected chi connectivity index (χ2v) is 4.24. The predicted molar refractivity (Wildman–Crippen MR) is 72.4 cm³/mol. The van der Waals surface area contributed by atoms with Crippen LogP contribution in [0.25, 0.3) is 33.5 Å². The molecule has 90 valence electrons. The Labute approximate surface area is 108 Å². The van der Waals surface area contributed by atoms with E-state index in [4.69, 9.17) is 0 Å². The van der Waals surface area contributed by atoms with Crippen LogP contribution in [0.2, 0.25) is 0 Å². The number of hydrogen-bond donors (Lipinski definition) is 1. The van der Waals surface area contributed by atoms with E-state index in [2.05, 4.69) is 24.9 Å². The van der Waals surface area contributed by atoms with Gasteiger partial charge in [0.1, 0.15) is 11.2 Å². The standard InChI is InChI=1S/C14H9N5/c1-2-11-12(15-4-1)8-18-14(19-11)10-6-9-3-5-16-13(9)17-7-10/h1-8H,(H,16,17). The second kappa shape index (κ2) is 3.84. The van der Waals surface area contributed by atoms with Gasteiger partial charge in [-0.2, -0.15) is 0 Å². The number of fused-ring (bicyclic) bond motifs is 2. The third-order valence-corrected chi connectivity index (χ3v) is 3.01. The highest BCUT2D eigenvalue weighted by atomic mass is 14.9. The van der Waals surface area contributed by atoms with Gasteiger partial charge in [0, 0.05) is 29.5 Å². The molecule has 5 nitrogen and oxygen atoms in total. The van der Waals surface area contributed by atoms with Crippen LogP contribution >= 0.6 is 0 Å². The monoisotopic (exact) mass is 247 g/mol. The van der Waals surface area contributed by atoms with Gasteiger partial charge in [-0.3, -0.25) is 4.98 Å². The zero-order valence-electron chi connectivity index (χ0n) is 9.91. The van der Waals surface area contributed by atoms with Gasteiger partial charge >= 0.3 is 0 Å². The van der Waals surface area contributed by atoms with Crippen LogP contribution in [0, 0.1) is 0 Å². The molecule has 0 fully saturated rings. The first kappa shape index (κ1) is 10.1. The molecule has 0 unspecified atom stereocenters. The van der Waals surface area contributed by atoms with Crippen molar-refractivity contribution in [1.29, 1.82) is 0 Å². The molecule has 0 atom stereocenters. The molecule has 0 aromatic carbocycles. The molecule has 0 aliphatic rings. The molecule has 5 heteroatoms. The molecule has 0 spiro atoms. The van der Waals surface area contributed by atoms with Gasteiger partial charge in [0.05, 0.1) is 11.7 Å². The summed E-state index contributed by atoms with van der Waals surface area (Å²) in [5.41, 5.74) is 3.40. The molecule has 4 aromatic heterocycles. The van der Waals surface area contributed by atoms with E-state index in [9.17, 15) is 0 Å². The molecule has 0 saturated carbocycles. The van der Waals surface area contributed by atoms with Crippen molar-refractivity contribution in [3.63, 3.8) is 0 Å². The fourth-order valence-corrected chi connectivity index (χ4v) is 2.07. The van der Waals surface area contributed by atoms with E-state index in [-0.39, 0.29) is 0 Å². The SMILES string of the molecule is c1cnc2cnc(-c3cnc4[nH]ccc4c3)nc2c1. The Morgan fingerprint density at radius 1 is 0.947 bits per heavy atom. The van der Waals surface area contributed by atoms with E-state index in [0.717, 1.165) is 27.6 Å². The highest BCUT2D eigenvalue weighted by Crippen LogP contribution is 2.20. The van der Waals surface area contributed by atoms with E-state index >= 15 is 0 Å². The minimum absolute atomic E-state index is 0.663. The molecule has 0 aliphatic carbocycles. The zero-order chi connectivity index (χ0) is 12.7. The maximum Gasteiger partial charge on any atom is 0.161 e. The van der Waals surface area contributed by atoms with Crippen LogP contribution in [-0.4, -0.2) is 24.9 Å². The fourth-order valence-electron chi connectivity index (χ4n) is 2.07. The Morgan fingerprint density at radius 3 is 2.95 bits per heavy atom. The summed E-state index contributed by atoms with van der Waals surface area (Å²) in [7, 11) is 0. The first-order valence-electron chi connectivity index (χ1n) is 5.91. The van der Waals surface area contributed by atoms with Gasteiger partial charge in [-0.15, -0.1) is 0 Å². The zero-order valence-corrected chi connectivity index (χ0v) is 9.91. The summed E-state index contributed by atoms with van der Waals surface area (Å²) in [5, 5.41) is 1.05. The minimum atomic E-state index is 0.663. The summed E-state index contributed by atoms with van der Waals surface area (Å²) < 4.78 is 0. The first-order chi connectivity index (χ1) is 9.40. The van der Waals surface area contributed by atoms with Gasteiger partial charge in [-0.05, 0) is 24.3 Å². The largest absolute Gasteiger partial charge is 0.346 e. The molecular weight excluding hydrogens is 238 g/mol. The van der Waals surface area contributed by atoms with Gasteiger partial charge in [-0.1, -0.05) is 0 Å². The van der Waals surface area contributed by atoms with Crippen molar-refractivity contribution in [1.82, 2.24) is 24.9 Å². The van der Waals surface area contributed by atoms with E-state index in [0.29, 0.717) is 5.82 Å². The first-order valence-corrected chi connectivity index (χ1v) is 5.91. The van der Waals surface area contributed by atoms with Crippen molar-refractivity contribution in [2.24, 2.45) is 0 Å². The van der Waals surface area contributed by atoms with Crippen LogP contribution in [0.4, 0.5) is 0 Å². The molecule has 1 N–H and O–H groups in total. The number of H-pyrrole nitrogens is 1. The summed E-state index contributed by atoms with van der Waals surface area (Å²) in [4.78, 5) is 20.5. The lowest BCUT2D eigenvalue weighted by atomic mass is 10.2. The minimum Gasteiger partial charge on any atom is -0.346 e. The molecule has 0 saturated heterocycles.